The number of nitrogen functional groups attached to an aromatic ring is 1. The Labute approximate surface area is 124 Å². The van der Waals surface area contributed by atoms with Crippen molar-refractivity contribution in [3.05, 3.63) is 65.2 Å². The summed E-state index contributed by atoms with van der Waals surface area (Å²) in [6, 6.07) is 15.5. The number of hydrogen-bond acceptors (Lipinski definition) is 4. The zero-order chi connectivity index (χ0) is 15.3. The minimum absolute atomic E-state index is 0.117. The van der Waals surface area contributed by atoms with Gasteiger partial charge in [-0.25, -0.2) is 13.1 Å². The molecule has 3 N–H and O–H groups in total. The SMILES string of the molecule is N#Cc1ccc(CS(=O)(=O)NCc2ccc(N)cc2)cc1. The predicted molar refractivity (Wildman–Crippen MR) is 81.5 cm³/mol. The maximum Gasteiger partial charge on any atom is 0.216 e. The minimum atomic E-state index is -3.43. The van der Waals surface area contributed by atoms with Crippen LogP contribution in [0.2, 0.25) is 0 Å². The van der Waals surface area contributed by atoms with Crippen LogP contribution in [0, 0.1) is 11.3 Å². The van der Waals surface area contributed by atoms with Gasteiger partial charge in [0.05, 0.1) is 17.4 Å². The van der Waals surface area contributed by atoms with Crippen LogP contribution in [0.1, 0.15) is 16.7 Å². The first-order valence-electron chi connectivity index (χ1n) is 6.29. The maximum absolute atomic E-state index is 12.0. The van der Waals surface area contributed by atoms with Gasteiger partial charge in [0.25, 0.3) is 0 Å². The molecule has 2 rings (SSSR count). The van der Waals surface area contributed by atoms with Gasteiger partial charge in [-0.2, -0.15) is 5.26 Å². The lowest BCUT2D eigenvalue weighted by Crippen LogP contribution is -2.24. The van der Waals surface area contributed by atoms with E-state index in [4.69, 9.17) is 11.0 Å². The van der Waals surface area contributed by atoms with Crippen LogP contribution < -0.4 is 10.5 Å². The Balaban J connectivity index is 1.98. The Morgan fingerprint density at radius 2 is 1.57 bits per heavy atom. The molecule has 6 heteroatoms. The molecule has 0 aromatic heterocycles. The summed E-state index contributed by atoms with van der Waals surface area (Å²) in [4.78, 5) is 0. The first-order chi connectivity index (χ1) is 9.98. The number of nitriles is 1. The summed E-state index contributed by atoms with van der Waals surface area (Å²) in [5.74, 6) is -0.117. The summed E-state index contributed by atoms with van der Waals surface area (Å²) in [5, 5.41) is 8.70. The molecule has 0 saturated carbocycles. The lowest BCUT2D eigenvalue weighted by Gasteiger charge is -2.07. The average molecular weight is 301 g/mol. The first-order valence-corrected chi connectivity index (χ1v) is 7.94. The third kappa shape index (κ3) is 4.60. The van der Waals surface area contributed by atoms with Crippen molar-refractivity contribution in [2.75, 3.05) is 5.73 Å². The lowest BCUT2D eigenvalue weighted by atomic mass is 10.2. The molecule has 0 amide bonds. The number of anilines is 1. The molecule has 0 unspecified atom stereocenters. The Morgan fingerprint density at radius 3 is 2.14 bits per heavy atom. The van der Waals surface area contributed by atoms with Crippen molar-refractivity contribution in [3.63, 3.8) is 0 Å². The zero-order valence-electron chi connectivity index (χ0n) is 11.3. The van der Waals surface area contributed by atoms with E-state index in [1.165, 1.54) is 0 Å². The van der Waals surface area contributed by atoms with Crippen LogP contribution in [0.5, 0.6) is 0 Å². The molecule has 0 aliphatic carbocycles. The van der Waals surface area contributed by atoms with E-state index in [1.807, 2.05) is 6.07 Å². The number of nitrogens with one attached hydrogen (secondary N) is 1. The van der Waals surface area contributed by atoms with Gasteiger partial charge in [0.1, 0.15) is 0 Å². The van der Waals surface area contributed by atoms with Crippen molar-refractivity contribution in [2.45, 2.75) is 12.3 Å². The van der Waals surface area contributed by atoms with E-state index in [-0.39, 0.29) is 12.3 Å². The Bertz CT molecular complexity index is 745. The summed E-state index contributed by atoms with van der Waals surface area (Å²) in [6.07, 6.45) is 0. The molecule has 0 fully saturated rings. The first kappa shape index (κ1) is 15.0. The number of nitrogens with two attached hydrogens (primary N) is 1. The smallest absolute Gasteiger partial charge is 0.216 e. The van der Waals surface area contributed by atoms with Gasteiger partial charge < -0.3 is 5.73 Å². The molecule has 2 aromatic carbocycles. The van der Waals surface area contributed by atoms with Gasteiger partial charge in [-0.3, -0.25) is 0 Å². The van der Waals surface area contributed by atoms with Gasteiger partial charge in [0.2, 0.25) is 10.0 Å². The largest absolute Gasteiger partial charge is 0.399 e. The topological polar surface area (TPSA) is 96.0 Å². The van der Waals surface area contributed by atoms with Crippen molar-refractivity contribution in [2.24, 2.45) is 0 Å². The van der Waals surface area contributed by atoms with Crippen LogP contribution in [-0.2, 0) is 22.3 Å². The molecule has 2 aromatic rings. The lowest BCUT2D eigenvalue weighted by molar-refractivity contribution is 0.580. The van der Waals surface area contributed by atoms with Crippen molar-refractivity contribution in [1.82, 2.24) is 4.72 Å². The van der Waals surface area contributed by atoms with Gasteiger partial charge in [-0.1, -0.05) is 24.3 Å². The number of rotatable bonds is 5. The van der Waals surface area contributed by atoms with Gasteiger partial charge in [0.15, 0.2) is 0 Å². The second-order valence-corrected chi connectivity index (χ2v) is 6.44. The van der Waals surface area contributed by atoms with Gasteiger partial charge in [0, 0.05) is 12.2 Å². The fourth-order valence-corrected chi connectivity index (χ4v) is 2.89. The van der Waals surface area contributed by atoms with E-state index in [1.54, 1.807) is 48.5 Å². The fraction of sp³-hybridized carbons (Fsp3) is 0.133. The second kappa shape index (κ2) is 6.39. The van der Waals surface area contributed by atoms with Crippen LogP contribution in [0.25, 0.3) is 0 Å². The standard InChI is InChI=1S/C15H15N3O2S/c16-9-12-1-3-14(4-2-12)11-21(19,20)18-10-13-5-7-15(17)8-6-13/h1-8,18H,10-11,17H2. The zero-order valence-corrected chi connectivity index (χ0v) is 12.1. The van der Waals surface area contributed by atoms with E-state index in [0.29, 0.717) is 16.8 Å². The van der Waals surface area contributed by atoms with Crippen molar-refractivity contribution in [1.29, 1.82) is 5.26 Å². The Kier molecular flexibility index (Phi) is 4.58. The van der Waals surface area contributed by atoms with E-state index < -0.39 is 10.0 Å². The predicted octanol–water partition coefficient (Wildman–Crippen LogP) is 1.76. The van der Waals surface area contributed by atoms with E-state index >= 15 is 0 Å². The van der Waals surface area contributed by atoms with E-state index in [9.17, 15) is 8.42 Å². The quantitative estimate of drug-likeness (QED) is 0.822. The van der Waals surface area contributed by atoms with Crippen LogP contribution in [0.4, 0.5) is 5.69 Å². The normalized spacial score (nSPS) is 11.0. The summed E-state index contributed by atoms with van der Waals surface area (Å²) in [5.41, 5.74) is 8.19. The van der Waals surface area contributed by atoms with E-state index in [2.05, 4.69) is 4.72 Å². The highest BCUT2D eigenvalue weighted by atomic mass is 32.2. The van der Waals surface area contributed by atoms with Crippen LogP contribution in [0.15, 0.2) is 48.5 Å². The number of benzene rings is 2. The van der Waals surface area contributed by atoms with Crippen molar-refractivity contribution >= 4 is 15.7 Å². The average Bonchev–Trinajstić information content (AvgIpc) is 2.47. The molecule has 0 aliphatic heterocycles. The molecular formula is C15H15N3O2S. The van der Waals surface area contributed by atoms with Crippen LogP contribution in [0.3, 0.4) is 0 Å². The molecule has 0 atom stereocenters. The second-order valence-electron chi connectivity index (χ2n) is 4.63. The van der Waals surface area contributed by atoms with Gasteiger partial charge in [-0.05, 0) is 35.4 Å². The number of nitrogens with zero attached hydrogens (tertiary/aromatic N) is 1. The summed E-state index contributed by atoms with van der Waals surface area (Å²) < 4.78 is 26.5. The van der Waals surface area contributed by atoms with Gasteiger partial charge in [-0.15, -0.1) is 0 Å². The van der Waals surface area contributed by atoms with Gasteiger partial charge >= 0.3 is 0 Å². The molecule has 0 spiro atoms. The summed E-state index contributed by atoms with van der Waals surface area (Å²) >= 11 is 0. The molecule has 0 saturated heterocycles. The Morgan fingerprint density at radius 1 is 1.00 bits per heavy atom. The third-order valence-electron chi connectivity index (χ3n) is 2.92. The highest BCUT2D eigenvalue weighted by molar-refractivity contribution is 7.88. The molecular weight excluding hydrogens is 286 g/mol. The highest BCUT2D eigenvalue weighted by Crippen LogP contribution is 2.09. The monoisotopic (exact) mass is 301 g/mol. The summed E-state index contributed by atoms with van der Waals surface area (Å²) in [6.45, 7) is 0.221. The van der Waals surface area contributed by atoms with Crippen molar-refractivity contribution in [3.8, 4) is 6.07 Å². The molecule has 5 nitrogen and oxygen atoms in total. The number of hydrogen-bond donors (Lipinski definition) is 2. The molecule has 0 aliphatic rings. The third-order valence-corrected chi connectivity index (χ3v) is 4.21. The van der Waals surface area contributed by atoms with Crippen LogP contribution in [-0.4, -0.2) is 8.42 Å². The molecule has 0 heterocycles. The minimum Gasteiger partial charge on any atom is -0.399 e. The van der Waals surface area contributed by atoms with Crippen LogP contribution >= 0.6 is 0 Å². The Hall–Kier alpha value is -2.36. The fourth-order valence-electron chi connectivity index (χ4n) is 1.77. The van der Waals surface area contributed by atoms with Crippen molar-refractivity contribution < 1.29 is 8.42 Å². The maximum atomic E-state index is 12.0. The molecule has 0 radical (unpaired) electrons. The number of sulfonamides is 1. The summed E-state index contributed by atoms with van der Waals surface area (Å²) in [7, 11) is -3.43. The molecule has 108 valence electrons. The molecule has 0 bridgehead atoms. The van der Waals surface area contributed by atoms with E-state index in [0.717, 1.165) is 5.56 Å². The highest BCUT2D eigenvalue weighted by Gasteiger charge is 2.11. The molecule has 21 heavy (non-hydrogen) atoms.